The molecule has 0 saturated heterocycles. The van der Waals surface area contributed by atoms with E-state index >= 15 is 0 Å². The van der Waals surface area contributed by atoms with Crippen molar-refractivity contribution >= 4 is 22.9 Å². The Bertz CT molecular complexity index is 652. The summed E-state index contributed by atoms with van der Waals surface area (Å²) in [6.45, 7) is 0. The van der Waals surface area contributed by atoms with Crippen molar-refractivity contribution < 1.29 is 0 Å². The summed E-state index contributed by atoms with van der Waals surface area (Å²) >= 11 is 1.64. The first-order valence-corrected chi connectivity index (χ1v) is 6.34. The summed E-state index contributed by atoms with van der Waals surface area (Å²) in [5.74, 6) is 0.838. The van der Waals surface area contributed by atoms with Crippen LogP contribution in [0.25, 0.3) is 5.70 Å². The van der Waals surface area contributed by atoms with E-state index in [9.17, 15) is 0 Å². The Balaban J connectivity index is 2.10. The number of nitrogens with zero attached hydrogens (tertiary/aromatic N) is 3. The van der Waals surface area contributed by atoms with Crippen molar-refractivity contribution in [3.05, 3.63) is 64.7 Å². The fourth-order valence-electron chi connectivity index (χ4n) is 1.84. The molecule has 3 nitrogen and oxygen atoms in total. The lowest BCUT2D eigenvalue weighted by molar-refractivity contribution is 0.707. The number of allylic oxidation sites excluding steroid dienone is 4. The Morgan fingerprint density at radius 2 is 2.33 bits per heavy atom. The van der Waals surface area contributed by atoms with Gasteiger partial charge in [-0.1, -0.05) is 12.1 Å². The highest BCUT2D eigenvalue weighted by atomic mass is 32.1. The molecule has 1 aromatic heterocycles. The van der Waals surface area contributed by atoms with Gasteiger partial charge in [0.1, 0.15) is 5.84 Å². The summed E-state index contributed by atoms with van der Waals surface area (Å²) in [4.78, 5) is 7.61. The van der Waals surface area contributed by atoms with Gasteiger partial charge in [0.2, 0.25) is 0 Å². The number of rotatable bonds is 1. The van der Waals surface area contributed by atoms with Crippen molar-refractivity contribution in [2.45, 2.75) is 0 Å². The molecule has 0 N–H and O–H groups in total. The van der Waals surface area contributed by atoms with Gasteiger partial charge in [-0.15, -0.1) is 11.3 Å². The van der Waals surface area contributed by atoms with Crippen LogP contribution < -0.4 is 0 Å². The van der Waals surface area contributed by atoms with Crippen molar-refractivity contribution in [3.8, 4) is 6.07 Å². The van der Waals surface area contributed by atoms with Gasteiger partial charge in [0.25, 0.3) is 0 Å². The van der Waals surface area contributed by atoms with E-state index in [4.69, 9.17) is 5.26 Å². The van der Waals surface area contributed by atoms with Crippen LogP contribution in [0.3, 0.4) is 0 Å². The molecule has 4 heteroatoms. The van der Waals surface area contributed by atoms with Crippen LogP contribution in [-0.2, 0) is 0 Å². The average Bonchev–Trinajstić information content (AvgIpc) is 2.93. The van der Waals surface area contributed by atoms with Gasteiger partial charge in [-0.2, -0.15) is 5.26 Å². The summed E-state index contributed by atoms with van der Waals surface area (Å²) in [7, 11) is 0. The fraction of sp³-hybridized carbons (Fsp3) is 0. The monoisotopic (exact) mass is 251 g/mol. The topological polar surface area (TPSA) is 39.4 Å². The van der Waals surface area contributed by atoms with E-state index in [0.29, 0.717) is 0 Å². The Hall–Kier alpha value is -2.38. The summed E-state index contributed by atoms with van der Waals surface area (Å²) in [6, 6.07) is 6.11. The second kappa shape index (κ2) is 4.47. The van der Waals surface area contributed by atoms with Gasteiger partial charge in [0.15, 0.2) is 0 Å². The average molecular weight is 251 g/mol. The normalized spacial score (nSPS) is 19.3. The number of amidine groups is 1. The molecule has 1 aromatic rings. The summed E-state index contributed by atoms with van der Waals surface area (Å²) < 4.78 is 0. The minimum Gasteiger partial charge on any atom is -0.301 e. The van der Waals surface area contributed by atoms with E-state index in [2.05, 4.69) is 11.1 Å². The highest BCUT2D eigenvalue weighted by Crippen LogP contribution is 2.29. The Labute approximate surface area is 109 Å². The first-order chi connectivity index (χ1) is 8.88. The van der Waals surface area contributed by atoms with Gasteiger partial charge in [0, 0.05) is 12.3 Å². The molecule has 0 aliphatic carbocycles. The van der Waals surface area contributed by atoms with E-state index < -0.39 is 0 Å². The van der Waals surface area contributed by atoms with Crippen LogP contribution in [-0.4, -0.2) is 10.7 Å². The van der Waals surface area contributed by atoms with Crippen LogP contribution in [0.15, 0.2) is 64.8 Å². The predicted octanol–water partition coefficient (Wildman–Crippen LogP) is 3.29. The van der Waals surface area contributed by atoms with E-state index in [1.54, 1.807) is 11.3 Å². The number of aliphatic imine (C=N–C) groups is 1. The maximum absolute atomic E-state index is 8.86. The highest BCUT2D eigenvalue weighted by Gasteiger charge is 2.19. The number of hydrogen-bond donors (Lipinski definition) is 0. The molecule has 2 aliphatic heterocycles. The van der Waals surface area contributed by atoms with Gasteiger partial charge in [-0.3, -0.25) is 0 Å². The molecule has 0 aromatic carbocycles. The quantitative estimate of drug-likeness (QED) is 0.718. The Kier molecular flexibility index (Phi) is 2.67. The van der Waals surface area contributed by atoms with Crippen LogP contribution >= 0.6 is 11.3 Å². The molecule has 0 radical (unpaired) electrons. The molecular weight excluding hydrogens is 242 g/mol. The molecule has 0 saturated carbocycles. The highest BCUT2D eigenvalue weighted by molar-refractivity contribution is 7.11. The second-order valence-corrected chi connectivity index (χ2v) is 4.69. The number of nitriles is 1. The third-order valence-corrected chi connectivity index (χ3v) is 3.51. The van der Waals surface area contributed by atoms with Gasteiger partial charge >= 0.3 is 0 Å². The van der Waals surface area contributed by atoms with Crippen LogP contribution in [0, 0.1) is 11.3 Å². The van der Waals surface area contributed by atoms with E-state index in [1.165, 1.54) is 6.08 Å². The SMILES string of the molecule is N#C/C=C1\C=C(c2cccs2)N=C2C=CC=CN21. The second-order valence-electron chi connectivity index (χ2n) is 3.75. The molecule has 2 aliphatic rings. The van der Waals surface area contributed by atoms with Gasteiger partial charge in [-0.25, -0.2) is 4.99 Å². The van der Waals surface area contributed by atoms with Crippen LogP contribution in [0.1, 0.15) is 4.88 Å². The van der Waals surface area contributed by atoms with E-state index in [0.717, 1.165) is 22.1 Å². The smallest absolute Gasteiger partial charge is 0.137 e. The van der Waals surface area contributed by atoms with Crippen molar-refractivity contribution in [3.63, 3.8) is 0 Å². The van der Waals surface area contributed by atoms with Crippen molar-refractivity contribution in [2.24, 2.45) is 4.99 Å². The van der Waals surface area contributed by atoms with Gasteiger partial charge in [0.05, 0.1) is 22.3 Å². The standard InChI is InChI=1S/C14H9N3S/c15-7-6-11-10-12(13-4-3-9-18-13)16-14-5-1-2-8-17(11)14/h1-6,8-10H/b11-6+. The summed E-state index contributed by atoms with van der Waals surface area (Å²) in [5, 5.41) is 10.9. The lowest BCUT2D eigenvalue weighted by Gasteiger charge is -2.26. The zero-order chi connectivity index (χ0) is 12.4. The minimum absolute atomic E-state index is 0.838. The number of hydrogen-bond acceptors (Lipinski definition) is 4. The maximum Gasteiger partial charge on any atom is 0.137 e. The molecule has 0 unspecified atom stereocenters. The Morgan fingerprint density at radius 1 is 1.39 bits per heavy atom. The molecule has 3 rings (SSSR count). The number of thiophene rings is 1. The zero-order valence-corrected chi connectivity index (χ0v) is 10.3. The van der Waals surface area contributed by atoms with Gasteiger partial charge < -0.3 is 4.90 Å². The molecule has 86 valence electrons. The van der Waals surface area contributed by atoms with Crippen LogP contribution in [0.4, 0.5) is 0 Å². The van der Waals surface area contributed by atoms with Crippen LogP contribution in [0.5, 0.6) is 0 Å². The first kappa shape index (κ1) is 10.8. The summed E-state index contributed by atoms with van der Waals surface area (Å²) in [5.41, 5.74) is 1.74. The zero-order valence-electron chi connectivity index (χ0n) is 9.45. The molecule has 0 fully saturated rings. The third kappa shape index (κ3) is 1.81. The molecule has 0 spiro atoms. The molecule has 0 amide bonds. The largest absolute Gasteiger partial charge is 0.301 e. The van der Waals surface area contributed by atoms with Gasteiger partial charge in [-0.05, 0) is 29.7 Å². The van der Waals surface area contributed by atoms with Crippen LogP contribution in [0.2, 0.25) is 0 Å². The number of fused-ring (bicyclic) bond motifs is 1. The molecule has 0 bridgehead atoms. The van der Waals surface area contributed by atoms with Crippen molar-refractivity contribution in [1.29, 1.82) is 5.26 Å². The molecular formula is C14H9N3S. The lowest BCUT2D eigenvalue weighted by Crippen LogP contribution is -2.26. The lowest BCUT2D eigenvalue weighted by atomic mass is 10.2. The third-order valence-electron chi connectivity index (χ3n) is 2.62. The van der Waals surface area contributed by atoms with Crippen molar-refractivity contribution in [1.82, 2.24) is 4.90 Å². The Morgan fingerprint density at radius 3 is 3.11 bits per heavy atom. The van der Waals surface area contributed by atoms with E-state index in [1.807, 2.05) is 52.9 Å². The van der Waals surface area contributed by atoms with E-state index in [-0.39, 0.29) is 0 Å². The first-order valence-electron chi connectivity index (χ1n) is 5.46. The fourth-order valence-corrected chi connectivity index (χ4v) is 2.52. The molecule has 0 atom stereocenters. The predicted molar refractivity (Wildman–Crippen MR) is 73.5 cm³/mol. The maximum atomic E-state index is 8.86. The molecule has 3 heterocycles. The minimum atomic E-state index is 0.838. The summed E-state index contributed by atoms with van der Waals surface area (Å²) in [6.07, 6.45) is 11.2. The molecule has 18 heavy (non-hydrogen) atoms. The van der Waals surface area contributed by atoms with Crippen molar-refractivity contribution in [2.75, 3.05) is 0 Å².